The largest absolute Gasteiger partial charge is 0.291 e. The summed E-state index contributed by atoms with van der Waals surface area (Å²) in [5.74, 6) is 0. The normalized spacial score (nSPS) is 10.5. The highest BCUT2D eigenvalue weighted by Gasteiger charge is 2.13. The number of fused-ring (bicyclic) bond motifs is 1. The van der Waals surface area contributed by atoms with Gasteiger partial charge in [0.1, 0.15) is 6.20 Å². The lowest BCUT2D eigenvalue weighted by atomic mass is 10.1. The average molecular weight is 223 g/mol. The van der Waals surface area contributed by atoms with Gasteiger partial charge in [0, 0.05) is 16.0 Å². The van der Waals surface area contributed by atoms with E-state index in [-0.39, 0.29) is 5.69 Å². The molecule has 2 aromatic rings. The zero-order valence-electron chi connectivity index (χ0n) is 7.90. The van der Waals surface area contributed by atoms with Crippen LogP contribution in [0.1, 0.15) is 5.56 Å². The first-order valence-corrected chi connectivity index (χ1v) is 4.66. The third-order valence-electron chi connectivity index (χ3n) is 2.27. The fourth-order valence-corrected chi connectivity index (χ4v) is 1.64. The van der Waals surface area contributed by atoms with E-state index in [1.165, 1.54) is 6.20 Å². The van der Waals surface area contributed by atoms with Crippen LogP contribution in [0.25, 0.3) is 10.9 Å². The Morgan fingerprint density at radius 3 is 2.87 bits per heavy atom. The molecule has 4 nitrogen and oxygen atoms in total. The predicted molar refractivity (Wildman–Crippen MR) is 58.1 cm³/mol. The molecule has 1 aromatic carbocycles. The minimum Gasteiger partial charge on any atom is -0.258 e. The molecule has 5 heteroatoms. The second-order valence-electron chi connectivity index (χ2n) is 3.19. The molecule has 0 amide bonds. The van der Waals surface area contributed by atoms with Gasteiger partial charge in [-0.1, -0.05) is 11.6 Å². The number of rotatable bonds is 1. The number of nitrogens with zero attached hydrogens (tertiary/aromatic N) is 2. The van der Waals surface area contributed by atoms with E-state index in [9.17, 15) is 10.1 Å². The summed E-state index contributed by atoms with van der Waals surface area (Å²) in [5.41, 5.74) is 1.32. The molecule has 0 aliphatic heterocycles. The van der Waals surface area contributed by atoms with Gasteiger partial charge in [0.15, 0.2) is 0 Å². The number of nitro groups is 1. The molecule has 1 aromatic heterocycles. The van der Waals surface area contributed by atoms with E-state index < -0.39 is 4.92 Å². The van der Waals surface area contributed by atoms with Crippen molar-refractivity contribution in [1.29, 1.82) is 0 Å². The van der Waals surface area contributed by atoms with Gasteiger partial charge in [0.25, 0.3) is 5.69 Å². The molecule has 0 spiro atoms. The average Bonchev–Trinajstić information content (AvgIpc) is 2.19. The first kappa shape index (κ1) is 9.86. The minimum absolute atomic E-state index is 0.0183. The van der Waals surface area contributed by atoms with Crippen LogP contribution in [-0.4, -0.2) is 9.91 Å². The predicted octanol–water partition coefficient (Wildman–Crippen LogP) is 3.10. The molecule has 0 saturated heterocycles. The highest BCUT2D eigenvalue weighted by Crippen LogP contribution is 2.26. The summed E-state index contributed by atoms with van der Waals surface area (Å²) < 4.78 is 0. The van der Waals surface area contributed by atoms with E-state index >= 15 is 0 Å². The lowest BCUT2D eigenvalue weighted by molar-refractivity contribution is -0.385. The maximum Gasteiger partial charge on any atom is 0.291 e. The number of hydrogen-bond donors (Lipinski definition) is 0. The highest BCUT2D eigenvalue weighted by atomic mass is 35.5. The number of aromatic nitrogens is 1. The zero-order chi connectivity index (χ0) is 11.0. The summed E-state index contributed by atoms with van der Waals surface area (Å²) in [6, 6.07) is 5.14. The van der Waals surface area contributed by atoms with Gasteiger partial charge in [-0.05, 0) is 25.1 Å². The molecule has 0 fully saturated rings. The Bertz CT molecular complexity index is 554. The second kappa shape index (κ2) is 3.47. The van der Waals surface area contributed by atoms with Gasteiger partial charge in [0.05, 0.1) is 10.4 Å². The number of aryl methyl sites for hydroxylation is 1. The molecule has 76 valence electrons. The van der Waals surface area contributed by atoms with Gasteiger partial charge in [-0.15, -0.1) is 0 Å². The SMILES string of the molecule is Cc1c([N+](=O)[O-])cnc2ccc(Cl)cc12. The number of halogens is 1. The van der Waals surface area contributed by atoms with Gasteiger partial charge < -0.3 is 0 Å². The molecule has 0 atom stereocenters. The van der Waals surface area contributed by atoms with Gasteiger partial charge in [-0.2, -0.15) is 0 Å². The van der Waals surface area contributed by atoms with E-state index in [1.807, 2.05) is 0 Å². The lowest BCUT2D eigenvalue weighted by Gasteiger charge is -2.02. The van der Waals surface area contributed by atoms with Crippen molar-refractivity contribution in [2.45, 2.75) is 6.92 Å². The van der Waals surface area contributed by atoms with Crippen LogP contribution in [0.2, 0.25) is 5.02 Å². The molecule has 0 unspecified atom stereocenters. The summed E-state index contributed by atoms with van der Waals surface area (Å²) in [6.45, 7) is 1.69. The first-order valence-electron chi connectivity index (χ1n) is 4.29. The van der Waals surface area contributed by atoms with Gasteiger partial charge in [0.2, 0.25) is 0 Å². The monoisotopic (exact) mass is 222 g/mol. The van der Waals surface area contributed by atoms with E-state index in [0.717, 1.165) is 5.39 Å². The summed E-state index contributed by atoms with van der Waals surface area (Å²) in [5, 5.41) is 12.0. The van der Waals surface area contributed by atoms with Crippen LogP contribution in [0.5, 0.6) is 0 Å². The van der Waals surface area contributed by atoms with Crippen LogP contribution in [0.15, 0.2) is 24.4 Å². The minimum atomic E-state index is -0.442. The molecule has 0 aliphatic carbocycles. The topological polar surface area (TPSA) is 56.0 Å². The molecular weight excluding hydrogens is 216 g/mol. The molecule has 1 heterocycles. The van der Waals surface area contributed by atoms with Crippen molar-refractivity contribution in [2.75, 3.05) is 0 Å². The van der Waals surface area contributed by atoms with E-state index in [2.05, 4.69) is 4.98 Å². The van der Waals surface area contributed by atoms with Crippen molar-refractivity contribution < 1.29 is 4.92 Å². The van der Waals surface area contributed by atoms with Crippen LogP contribution in [0, 0.1) is 17.0 Å². The van der Waals surface area contributed by atoms with Crippen molar-refractivity contribution >= 4 is 28.2 Å². The van der Waals surface area contributed by atoms with Gasteiger partial charge >= 0.3 is 0 Å². The van der Waals surface area contributed by atoms with Crippen LogP contribution in [-0.2, 0) is 0 Å². The molecule has 0 saturated carbocycles. The Kier molecular flexibility index (Phi) is 2.28. The number of pyridine rings is 1. The first-order chi connectivity index (χ1) is 7.09. The summed E-state index contributed by atoms with van der Waals surface area (Å²) in [6.07, 6.45) is 1.27. The quantitative estimate of drug-likeness (QED) is 0.550. The molecule has 2 rings (SSSR count). The maximum atomic E-state index is 10.7. The van der Waals surface area contributed by atoms with Crippen LogP contribution < -0.4 is 0 Å². The van der Waals surface area contributed by atoms with Crippen molar-refractivity contribution in [3.05, 3.63) is 45.1 Å². The molecule has 0 aliphatic rings. The Morgan fingerprint density at radius 1 is 1.47 bits per heavy atom. The molecule has 0 bridgehead atoms. The standard InChI is InChI=1S/C10H7ClN2O2/c1-6-8-4-7(11)2-3-9(8)12-5-10(6)13(14)15/h2-5H,1H3. The summed E-state index contributed by atoms with van der Waals surface area (Å²) in [7, 11) is 0. The van der Waals surface area contributed by atoms with Gasteiger partial charge in [-0.25, -0.2) is 4.98 Å². The van der Waals surface area contributed by atoms with Gasteiger partial charge in [-0.3, -0.25) is 10.1 Å². The van der Waals surface area contributed by atoms with E-state index in [4.69, 9.17) is 11.6 Å². The summed E-state index contributed by atoms with van der Waals surface area (Å²) in [4.78, 5) is 14.2. The van der Waals surface area contributed by atoms with Crippen molar-refractivity contribution in [1.82, 2.24) is 4.98 Å². The van der Waals surface area contributed by atoms with E-state index in [1.54, 1.807) is 25.1 Å². The van der Waals surface area contributed by atoms with Crippen molar-refractivity contribution in [3.63, 3.8) is 0 Å². The zero-order valence-corrected chi connectivity index (χ0v) is 8.65. The van der Waals surface area contributed by atoms with Crippen LogP contribution >= 0.6 is 11.6 Å². The third-order valence-corrected chi connectivity index (χ3v) is 2.50. The van der Waals surface area contributed by atoms with Crippen LogP contribution in [0.4, 0.5) is 5.69 Å². The molecule has 15 heavy (non-hydrogen) atoms. The fraction of sp³-hybridized carbons (Fsp3) is 0.100. The highest BCUT2D eigenvalue weighted by molar-refractivity contribution is 6.31. The lowest BCUT2D eigenvalue weighted by Crippen LogP contribution is -1.94. The number of hydrogen-bond acceptors (Lipinski definition) is 3. The Labute approximate surface area is 90.7 Å². The molecule has 0 N–H and O–H groups in total. The molecular formula is C10H7ClN2O2. The second-order valence-corrected chi connectivity index (χ2v) is 3.62. The van der Waals surface area contributed by atoms with Crippen molar-refractivity contribution in [2.24, 2.45) is 0 Å². The van der Waals surface area contributed by atoms with Crippen molar-refractivity contribution in [3.8, 4) is 0 Å². The maximum absolute atomic E-state index is 10.7. The molecule has 0 radical (unpaired) electrons. The Morgan fingerprint density at radius 2 is 2.20 bits per heavy atom. The Hall–Kier alpha value is -1.68. The fourth-order valence-electron chi connectivity index (χ4n) is 1.47. The Balaban J connectivity index is 2.82. The van der Waals surface area contributed by atoms with Crippen LogP contribution in [0.3, 0.4) is 0 Å². The van der Waals surface area contributed by atoms with E-state index in [0.29, 0.717) is 16.1 Å². The summed E-state index contributed by atoms with van der Waals surface area (Å²) >= 11 is 5.82. The number of benzene rings is 1. The third kappa shape index (κ3) is 1.64. The smallest absolute Gasteiger partial charge is 0.258 e.